The first-order chi connectivity index (χ1) is 12.4. The van der Waals surface area contributed by atoms with Gasteiger partial charge in [-0.2, -0.15) is 0 Å². The van der Waals surface area contributed by atoms with E-state index in [0.717, 1.165) is 48.0 Å². The van der Waals surface area contributed by atoms with Crippen molar-refractivity contribution in [2.75, 3.05) is 19.6 Å². The average Bonchev–Trinajstić information content (AvgIpc) is 3.19. The lowest BCUT2D eigenvalue weighted by atomic mass is 9.96. The van der Waals surface area contributed by atoms with Gasteiger partial charge in [-0.25, -0.2) is 9.98 Å². The summed E-state index contributed by atoms with van der Waals surface area (Å²) in [6.07, 6.45) is 3.83. The average molecular weight is 506 g/mol. The minimum Gasteiger partial charge on any atom is -0.466 e. The second kappa shape index (κ2) is 11.0. The Morgan fingerprint density at radius 3 is 2.63 bits per heavy atom. The molecule has 0 aliphatic rings. The molecule has 8 heteroatoms. The van der Waals surface area contributed by atoms with Gasteiger partial charge in [-0.15, -0.1) is 35.3 Å². The molecular formula is C19H31IN4O2S. The summed E-state index contributed by atoms with van der Waals surface area (Å²) < 4.78 is 5.53. The van der Waals surface area contributed by atoms with Crippen LogP contribution < -0.4 is 10.6 Å². The van der Waals surface area contributed by atoms with Gasteiger partial charge in [0.2, 0.25) is 0 Å². The van der Waals surface area contributed by atoms with Crippen molar-refractivity contribution in [3.05, 3.63) is 39.2 Å². The Kier molecular flexibility index (Phi) is 9.75. The van der Waals surface area contributed by atoms with Gasteiger partial charge in [0.15, 0.2) is 5.96 Å². The summed E-state index contributed by atoms with van der Waals surface area (Å²) in [6, 6.07) is 1.87. The van der Waals surface area contributed by atoms with Gasteiger partial charge in [0.1, 0.15) is 17.1 Å². The van der Waals surface area contributed by atoms with E-state index in [1.807, 2.05) is 33.0 Å². The van der Waals surface area contributed by atoms with Crippen molar-refractivity contribution < 1.29 is 9.52 Å². The van der Waals surface area contributed by atoms with E-state index >= 15 is 0 Å². The summed E-state index contributed by atoms with van der Waals surface area (Å²) in [5, 5.41) is 18.5. The highest BCUT2D eigenvalue weighted by Crippen LogP contribution is 2.27. The third kappa shape index (κ3) is 7.08. The molecule has 0 fully saturated rings. The fraction of sp³-hybridized carbons (Fsp3) is 0.579. The van der Waals surface area contributed by atoms with Gasteiger partial charge in [0.05, 0.1) is 11.6 Å². The van der Waals surface area contributed by atoms with Crippen LogP contribution in [0.3, 0.4) is 0 Å². The molecule has 2 aromatic rings. The first kappa shape index (κ1) is 23.9. The molecule has 27 heavy (non-hydrogen) atoms. The number of aliphatic hydroxyl groups is 1. The van der Waals surface area contributed by atoms with Gasteiger partial charge in [0.25, 0.3) is 0 Å². The number of thiazole rings is 1. The lowest BCUT2D eigenvalue weighted by Crippen LogP contribution is -2.39. The molecule has 0 aromatic carbocycles. The highest BCUT2D eigenvalue weighted by molar-refractivity contribution is 14.0. The van der Waals surface area contributed by atoms with E-state index in [2.05, 4.69) is 27.5 Å². The molecule has 0 amide bonds. The minimum absolute atomic E-state index is 0. The van der Waals surface area contributed by atoms with Crippen molar-refractivity contribution in [3.63, 3.8) is 0 Å². The Labute approximate surface area is 182 Å². The molecular weight excluding hydrogens is 475 g/mol. The quantitative estimate of drug-likeness (QED) is 0.290. The molecule has 0 aliphatic carbocycles. The van der Waals surface area contributed by atoms with Crippen LogP contribution in [-0.2, 0) is 18.4 Å². The van der Waals surface area contributed by atoms with Gasteiger partial charge in [-0.3, -0.25) is 0 Å². The summed E-state index contributed by atoms with van der Waals surface area (Å²) in [6.45, 7) is 11.4. The van der Waals surface area contributed by atoms with Crippen molar-refractivity contribution in [2.45, 2.75) is 53.1 Å². The van der Waals surface area contributed by atoms with E-state index in [4.69, 9.17) is 4.42 Å². The van der Waals surface area contributed by atoms with E-state index in [1.54, 1.807) is 18.3 Å². The molecule has 2 aromatic heterocycles. The summed E-state index contributed by atoms with van der Waals surface area (Å²) >= 11 is 1.75. The number of nitrogens with zero attached hydrogens (tertiary/aromatic N) is 2. The molecule has 3 N–H and O–H groups in total. The van der Waals surface area contributed by atoms with E-state index in [9.17, 15) is 5.11 Å². The molecule has 6 nitrogen and oxygen atoms in total. The van der Waals surface area contributed by atoms with Crippen LogP contribution >= 0.6 is 35.3 Å². The summed E-state index contributed by atoms with van der Waals surface area (Å²) in [5.41, 5.74) is -0.292. The van der Waals surface area contributed by atoms with Crippen LogP contribution in [0.1, 0.15) is 47.7 Å². The predicted molar refractivity (Wildman–Crippen MR) is 122 cm³/mol. The number of furan rings is 1. The maximum Gasteiger partial charge on any atom is 0.191 e. The SMILES string of the molecule is CCNC(=NCC(C)(O)c1cc(C)oc1C)NCCc1ncc(CC)s1.I. The fourth-order valence-corrected chi connectivity index (χ4v) is 3.60. The maximum atomic E-state index is 10.8. The zero-order valence-corrected chi connectivity index (χ0v) is 19.9. The van der Waals surface area contributed by atoms with Gasteiger partial charge in [0, 0.05) is 36.1 Å². The van der Waals surface area contributed by atoms with Crippen LogP contribution in [0.4, 0.5) is 0 Å². The second-order valence-corrected chi connectivity index (χ2v) is 7.75. The highest BCUT2D eigenvalue weighted by Gasteiger charge is 2.27. The molecule has 0 bridgehead atoms. The van der Waals surface area contributed by atoms with Crippen LogP contribution in [0.15, 0.2) is 21.7 Å². The molecule has 1 atom stereocenters. The lowest BCUT2D eigenvalue weighted by molar-refractivity contribution is 0.0657. The first-order valence-corrected chi connectivity index (χ1v) is 9.93. The molecule has 1 unspecified atom stereocenters. The number of guanidine groups is 1. The highest BCUT2D eigenvalue weighted by atomic mass is 127. The van der Waals surface area contributed by atoms with Crippen molar-refractivity contribution in [1.29, 1.82) is 0 Å². The number of aryl methyl sites for hydroxylation is 3. The number of aromatic nitrogens is 1. The topological polar surface area (TPSA) is 82.7 Å². The normalized spacial score (nSPS) is 13.8. The molecule has 0 saturated heterocycles. The Balaban J connectivity index is 0.00000364. The number of hydrogen-bond acceptors (Lipinski definition) is 5. The molecule has 0 spiro atoms. The largest absolute Gasteiger partial charge is 0.466 e. The van der Waals surface area contributed by atoms with Gasteiger partial charge in [-0.05, 0) is 40.2 Å². The summed E-state index contributed by atoms with van der Waals surface area (Å²) in [4.78, 5) is 10.3. The molecule has 152 valence electrons. The Morgan fingerprint density at radius 1 is 1.33 bits per heavy atom. The first-order valence-electron chi connectivity index (χ1n) is 9.11. The molecule has 0 saturated carbocycles. The van der Waals surface area contributed by atoms with E-state index < -0.39 is 5.60 Å². The Morgan fingerprint density at radius 2 is 2.07 bits per heavy atom. The molecule has 2 rings (SSSR count). The Hall–Kier alpha value is -1.13. The van der Waals surface area contributed by atoms with Crippen LogP contribution in [0.2, 0.25) is 0 Å². The molecule has 2 heterocycles. The monoisotopic (exact) mass is 506 g/mol. The van der Waals surface area contributed by atoms with Crippen LogP contribution in [0.25, 0.3) is 0 Å². The van der Waals surface area contributed by atoms with Crippen molar-refractivity contribution in [2.24, 2.45) is 4.99 Å². The molecule has 0 aliphatic heterocycles. The Bertz CT molecular complexity index is 740. The third-order valence-electron chi connectivity index (χ3n) is 4.09. The van der Waals surface area contributed by atoms with Crippen molar-refractivity contribution in [1.82, 2.24) is 15.6 Å². The fourth-order valence-electron chi connectivity index (χ4n) is 2.74. The van der Waals surface area contributed by atoms with E-state index in [1.165, 1.54) is 4.88 Å². The zero-order chi connectivity index (χ0) is 19.2. The number of aliphatic imine (C=N–C) groups is 1. The second-order valence-electron chi connectivity index (χ2n) is 6.55. The lowest BCUT2D eigenvalue weighted by Gasteiger charge is -2.21. The van der Waals surface area contributed by atoms with E-state index in [-0.39, 0.29) is 30.5 Å². The van der Waals surface area contributed by atoms with Crippen LogP contribution in [-0.4, -0.2) is 35.7 Å². The minimum atomic E-state index is -1.07. The smallest absolute Gasteiger partial charge is 0.191 e. The van der Waals surface area contributed by atoms with Gasteiger partial charge < -0.3 is 20.2 Å². The van der Waals surface area contributed by atoms with Gasteiger partial charge in [-0.1, -0.05) is 6.92 Å². The summed E-state index contributed by atoms with van der Waals surface area (Å²) in [7, 11) is 0. The van der Waals surface area contributed by atoms with Crippen molar-refractivity contribution in [3.8, 4) is 0 Å². The van der Waals surface area contributed by atoms with Crippen LogP contribution in [0.5, 0.6) is 0 Å². The van der Waals surface area contributed by atoms with Gasteiger partial charge >= 0.3 is 0 Å². The number of hydrogen-bond donors (Lipinski definition) is 3. The number of nitrogens with one attached hydrogen (secondary N) is 2. The van der Waals surface area contributed by atoms with Crippen molar-refractivity contribution >= 4 is 41.3 Å². The van der Waals surface area contributed by atoms with Crippen LogP contribution in [0, 0.1) is 13.8 Å². The molecule has 0 radical (unpaired) electrons. The number of halogens is 1. The third-order valence-corrected chi connectivity index (χ3v) is 5.29. The summed E-state index contributed by atoms with van der Waals surface area (Å²) in [5.74, 6) is 2.22. The zero-order valence-electron chi connectivity index (χ0n) is 16.8. The predicted octanol–water partition coefficient (Wildman–Crippen LogP) is 3.54. The van der Waals surface area contributed by atoms with E-state index in [0.29, 0.717) is 5.96 Å². The standard InChI is InChI=1S/C19H30N4O2S.HI/c1-6-15-11-22-17(26-15)8-9-21-18(20-7-2)23-12-19(5,24)16-10-13(3)25-14(16)4;/h10-11,24H,6-9,12H2,1-5H3,(H2,20,21,23);1H. The number of rotatable bonds is 8. The maximum absolute atomic E-state index is 10.8.